The number of benzene rings is 1. The number of ketones is 2. The van der Waals surface area contributed by atoms with Crippen molar-refractivity contribution in [2.24, 2.45) is 11.8 Å². The minimum atomic E-state index is -3.81. The lowest BCUT2D eigenvalue weighted by Crippen LogP contribution is -2.58. The molecule has 2 rings (SSSR count). The summed E-state index contributed by atoms with van der Waals surface area (Å²) in [5.41, 5.74) is -0.0282. The highest BCUT2D eigenvalue weighted by molar-refractivity contribution is 6.90. The van der Waals surface area contributed by atoms with Crippen molar-refractivity contribution in [2.45, 2.75) is 185 Å². The van der Waals surface area contributed by atoms with Gasteiger partial charge >= 0.3 is 53.7 Å². The number of halogens is 1. The van der Waals surface area contributed by atoms with Crippen LogP contribution in [-0.2, 0) is 71.9 Å². The summed E-state index contributed by atoms with van der Waals surface area (Å²) in [6.45, 7) is 8.74. The maximum atomic E-state index is 17.2. The van der Waals surface area contributed by atoms with Gasteiger partial charge in [-0.1, -0.05) is 60.1 Å². The number of amides is 5. The molecule has 5 amide bonds. The van der Waals surface area contributed by atoms with E-state index < -0.39 is 208 Å². The van der Waals surface area contributed by atoms with Crippen LogP contribution in [0.3, 0.4) is 0 Å². The number of aliphatic carboxylic acids is 9. The van der Waals surface area contributed by atoms with Gasteiger partial charge in [0.25, 0.3) is 14.3 Å². The molecule has 1 aliphatic rings. The second kappa shape index (κ2) is 43.8. The Bertz CT molecular complexity index is 3040. The number of carbonyl (C=O) groups is 16. The molecule has 0 aliphatic carbocycles. The van der Waals surface area contributed by atoms with Crippen LogP contribution in [0.2, 0.25) is 10.1 Å². The SMILES string of the molecule is CC(C)(C)[Si](F)(c1ccc(C(=O)N[C@@H](CNC(=O)CC[C@H](C(=O)O)N2CCN(CC(=O)O)CCN(CC(=O)O)CCN(CC(=O)O)CC2)C(=O)N[C@H](CCCCNC(=O)CCC(=O)CCCC[C@@H](NC(=O)CC[C@H](CC(=O)C[C@@H](CCC(=O)O)C(=O)O)C(=O)O)C(=O)O)C(=O)O)cc1)C(C)(C)C. The molecular weight excluding hydrogens is 1370 g/mol. The zero-order valence-electron chi connectivity index (χ0n) is 58.7. The van der Waals surface area contributed by atoms with Crippen LogP contribution in [0.25, 0.3) is 0 Å². The molecule has 34 nitrogen and oxygen atoms in total. The lowest BCUT2D eigenvalue weighted by Gasteiger charge is -2.44. The Hall–Kier alpha value is -8.87. The zero-order chi connectivity index (χ0) is 77.2. The van der Waals surface area contributed by atoms with Crippen LogP contribution < -0.4 is 31.8 Å². The first-order valence-electron chi connectivity index (χ1n) is 33.7. The lowest BCUT2D eigenvalue weighted by molar-refractivity contribution is -0.147. The van der Waals surface area contributed by atoms with Crippen LogP contribution in [0.1, 0.15) is 161 Å². The third kappa shape index (κ3) is 33.3. The number of hydrogen-bond acceptors (Lipinski definition) is 20. The third-order valence-corrected chi connectivity index (χ3v) is 22.7. The molecule has 1 fully saturated rings. The highest BCUT2D eigenvalue weighted by Crippen LogP contribution is 2.51. The van der Waals surface area contributed by atoms with Crippen molar-refractivity contribution in [1.82, 2.24) is 46.2 Å². The van der Waals surface area contributed by atoms with Gasteiger partial charge in [0.1, 0.15) is 35.7 Å². The van der Waals surface area contributed by atoms with E-state index in [9.17, 15) is 118 Å². The molecule has 1 aromatic rings. The van der Waals surface area contributed by atoms with Crippen molar-refractivity contribution >= 4 is 108 Å². The topological polar surface area (TPSA) is 528 Å². The van der Waals surface area contributed by atoms with Crippen molar-refractivity contribution < 1.29 is 127 Å². The quantitative estimate of drug-likeness (QED) is 0.0246. The number of carboxylic acids is 9. The Balaban J connectivity index is 2.13. The Morgan fingerprint density at radius 3 is 1.31 bits per heavy atom. The highest BCUT2D eigenvalue weighted by Gasteiger charge is 2.56. The van der Waals surface area contributed by atoms with E-state index in [2.05, 4.69) is 26.6 Å². The number of nitrogens with zero attached hydrogens (tertiary/aromatic N) is 4. The molecule has 6 atom stereocenters. The van der Waals surface area contributed by atoms with Crippen LogP contribution in [0, 0.1) is 11.8 Å². The minimum absolute atomic E-state index is 0.0109. The summed E-state index contributed by atoms with van der Waals surface area (Å²) in [7, 11) is -3.81. The van der Waals surface area contributed by atoms with E-state index in [4.69, 9.17) is 5.11 Å². The second-order valence-electron chi connectivity index (χ2n) is 27.5. The van der Waals surface area contributed by atoms with Gasteiger partial charge < -0.3 is 76.7 Å². The van der Waals surface area contributed by atoms with E-state index in [1.54, 1.807) is 41.5 Å². The van der Waals surface area contributed by atoms with Gasteiger partial charge in [-0.2, -0.15) is 0 Å². The first-order valence-corrected chi connectivity index (χ1v) is 35.6. The van der Waals surface area contributed by atoms with Gasteiger partial charge in [0, 0.05) is 122 Å². The standard InChI is InChI=1S/C66H102FN9O25Si/c1-65(2,3)102(67,66(4,5)6)46-19-14-41(15-20-46)58(90)72-49(37-69-52(80)24-21-50(64(100)101)76-33-31-74(39-56(86)87)29-27-73(38-55(84)85)28-30-75(32-34-76)40-57(88)89)59(91)71-48(63(98)99)13-9-10-26-68-51(79)23-18-44(77)11-7-8-12-47(62(96)97)70-53(81)22-16-42(60(92)93)35-45(78)36-43(61(94)95)17-25-54(82)83/h14-15,19-20,42-43,47-50H,7-13,16-18,21-40H2,1-6H3,(H,68,79)(H,69,80)(H,70,81)(H,71,91)(H,72,90)(H,82,83)(H,84,85)(H,86,87)(H,88,89)(H,92,93)(H,94,95)(H,96,97)(H,98,99)(H,100,101)/t42-,43-,47-,48-,49+,50-/m1/s1. The van der Waals surface area contributed by atoms with E-state index >= 15 is 4.11 Å². The van der Waals surface area contributed by atoms with Crippen LogP contribution in [-0.4, -0.2) is 278 Å². The first kappa shape index (κ1) is 89.2. The van der Waals surface area contributed by atoms with E-state index in [-0.39, 0.29) is 141 Å². The summed E-state index contributed by atoms with van der Waals surface area (Å²) in [4.78, 5) is 205. The number of nitrogens with one attached hydrogen (secondary N) is 5. The molecule has 0 bridgehead atoms. The number of Topliss-reactive ketones (excluding diaryl/α,β-unsaturated/α-hetero) is 2. The molecule has 572 valence electrons. The predicted molar refractivity (Wildman–Crippen MR) is 362 cm³/mol. The Morgan fingerprint density at radius 1 is 0.431 bits per heavy atom. The summed E-state index contributed by atoms with van der Waals surface area (Å²) >= 11 is 0. The third-order valence-electron chi connectivity index (χ3n) is 17.4. The van der Waals surface area contributed by atoms with Gasteiger partial charge in [0.2, 0.25) is 23.6 Å². The molecule has 14 N–H and O–H groups in total. The summed E-state index contributed by atoms with van der Waals surface area (Å²) < 4.78 is 17.2. The fourth-order valence-electron chi connectivity index (χ4n) is 12.0. The van der Waals surface area contributed by atoms with Gasteiger partial charge in [-0.15, -0.1) is 0 Å². The van der Waals surface area contributed by atoms with E-state index in [0.717, 1.165) is 0 Å². The molecule has 0 spiro atoms. The number of rotatable bonds is 46. The summed E-state index contributed by atoms with van der Waals surface area (Å²) in [6.07, 6.45) is -4.24. The molecule has 1 aliphatic heterocycles. The number of carboxylic acid groups (broad SMARTS) is 9. The average Bonchev–Trinajstić information content (AvgIpc) is 0.748. The van der Waals surface area contributed by atoms with Crippen molar-refractivity contribution in [3.8, 4) is 0 Å². The maximum absolute atomic E-state index is 17.2. The molecule has 36 heteroatoms. The van der Waals surface area contributed by atoms with Gasteiger partial charge in [0.15, 0.2) is 0 Å². The largest absolute Gasteiger partial charge is 0.481 e. The molecule has 0 aromatic heterocycles. The normalized spacial score (nSPS) is 15.8. The first-order chi connectivity index (χ1) is 47.5. The van der Waals surface area contributed by atoms with Gasteiger partial charge in [-0.3, -0.25) is 86.7 Å². The molecule has 1 aromatic carbocycles. The zero-order valence-corrected chi connectivity index (χ0v) is 59.7. The molecule has 0 radical (unpaired) electrons. The van der Waals surface area contributed by atoms with Crippen molar-refractivity contribution in [3.05, 3.63) is 29.8 Å². The Morgan fingerprint density at radius 2 is 0.873 bits per heavy atom. The smallest absolute Gasteiger partial charge is 0.326 e. The van der Waals surface area contributed by atoms with E-state index in [1.165, 1.54) is 43.9 Å². The number of unbranched alkanes of at least 4 members (excludes halogenated alkanes) is 2. The highest BCUT2D eigenvalue weighted by atomic mass is 28.4. The monoisotopic (exact) mass is 1470 g/mol. The number of hydrogen-bond donors (Lipinski definition) is 14. The van der Waals surface area contributed by atoms with Crippen molar-refractivity contribution in [1.29, 1.82) is 0 Å². The fourth-order valence-corrected chi connectivity index (χ4v) is 16.6. The van der Waals surface area contributed by atoms with Gasteiger partial charge in [-0.25, -0.2) is 9.59 Å². The summed E-state index contributed by atoms with van der Waals surface area (Å²) in [6, 6.07) is -0.401. The van der Waals surface area contributed by atoms with Gasteiger partial charge in [0.05, 0.1) is 31.5 Å². The van der Waals surface area contributed by atoms with E-state index in [0.29, 0.717) is 5.19 Å². The molecule has 1 saturated heterocycles. The lowest BCUT2D eigenvalue weighted by atomic mass is 9.90. The van der Waals surface area contributed by atoms with Crippen molar-refractivity contribution in [2.75, 3.05) is 85.1 Å². The fraction of sp³-hybridized carbons (Fsp3) is 0.667. The minimum Gasteiger partial charge on any atom is -0.481 e. The molecule has 1 heterocycles. The molecular formula is C66H102FN9O25Si. The van der Waals surface area contributed by atoms with Gasteiger partial charge in [-0.05, 0) is 78.8 Å². The van der Waals surface area contributed by atoms with E-state index in [1.807, 2.05) is 0 Å². The van der Waals surface area contributed by atoms with Crippen LogP contribution in [0.15, 0.2) is 24.3 Å². The average molecular weight is 1470 g/mol. The summed E-state index contributed by atoms with van der Waals surface area (Å²) in [5.74, 6) is -20.1. The molecule has 0 saturated carbocycles. The summed E-state index contributed by atoms with van der Waals surface area (Å²) in [5, 5.41) is 98.2. The number of carbonyl (C=O) groups excluding carboxylic acids is 7. The van der Waals surface area contributed by atoms with Crippen molar-refractivity contribution in [3.63, 3.8) is 0 Å². The maximum Gasteiger partial charge on any atom is 0.326 e. The Labute approximate surface area is 591 Å². The molecule has 102 heavy (non-hydrogen) atoms. The Kier molecular flexibility index (Phi) is 38.3. The van der Waals surface area contributed by atoms with Crippen LogP contribution >= 0.6 is 0 Å². The molecule has 0 unspecified atom stereocenters. The predicted octanol–water partition coefficient (Wildman–Crippen LogP) is 1.06. The second-order valence-corrected chi connectivity index (χ2v) is 32.4. The van der Waals surface area contributed by atoms with Crippen LogP contribution in [0.4, 0.5) is 4.11 Å². The van der Waals surface area contributed by atoms with Crippen LogP contribution in [0.5, 0.6) is 0 Å².